The van der Waals surface area contributed by atoms with Gasteiger partial charge in [0.25, 0.3) is 0 Å². The fourth-order valence-corrected chi connectivity index (χ4v) is 3.32. The van der Waals surface area contributed by atoms with Gasteiger partial charge in [-0.15, -0.1) is 0 Å². The van der Waals surface area contributed by atoms with Gasteiger partial charge in [0.1, 0.15) is 11.5 Å². The molecule has 0 atom stereocenters. The molecule has 3 aromatic carbocycles. The van der Waals surface area contributed by atoms with Crippen molar-refractivity contribution < 1.29 is 14.3 Å². The van der Waals surface area contributed by atoms with Crippen molar-refractivity contribution in [2.45, 2.75) is 0 Å². The average molecular weight is 316 g/mol. The van der Waals surface area contributed by atoms with E-state index < -0.39 is 0 Å². The molecule has 0 bridgehead atoms. The van der Waals surface area contributed by atoms with Gasteiger partial charge in [-0.1, -0.05) is 42.5 Å². The Morgan fingerprint density at radius 3 is 2.04 bits per heavy atom. The van der Waals surface area contributed by atoms with Gasteiger partial charge >= 0.3 is 0 Å². The molecule has 0 saturated carbocycles. The third-order valence-corrected chi connectivity index (χ3v) is 4.45. The summed E-state index contributed by atoms with van der Waals surface area (Å²) in [5, 5.41) is 0. The van der Waals surface area contributed by atoms with Crippen LogP contribution in [0.4, 0.5) is 0 Å². The molecular formula is C21H16O3. The second-order valence-electron chi connectivity index (χ2n) is 5.67. The fraction of sp³-hybridized carbons (Fsp3) is 0.0952. The van der Waals surface area contributed by atoms with Crippen molar-refractivity contribution in [3.05, 3.63) is 71.8 Å². The summed E-state index contributed by atoms with van der Waals surface area (Å²) in [6.07, 6.45) is 0. The van der Waals surface area contributed by atoms with Crippen LogP contribution in [-0.4, -0.2) is 20.0 Å². The maximum Gasteiger partial charge on any atom is 0.194 e. The van der Waals surface area contributed by atoms with Crippen LogP contribution in [0.3, 0.4) is 0 Å². The molecule has 3 nitrogen and oxygen atoms in total. The highest BCUT2D eigenvalue weighted by atomic mass is 16.5. The highest BCUT2D eigenvalue weighted by molar-refractivity contribution is 6.24. The number of ether oxygens (including phenoxy) is 2. The number of carbonyl (C=O) groups is 1. The molecule has 0 N–H and O–H groups in total. The van der Waals surface area contributed by atoms with Crippen LogP contribution >= 0.6 is 0 Å². The number of hydrogen-bond donors (Lipinski definition) is 0. The molecule has 0 heterocycles. The Balaban J connectivity index is 1.96. The lowest BCUT2D eigenvalue weighted by atomic mass is 9.94. The number of benzene rings is 3. The first kappa shape index (κ1) is 14.5. The van der Waals surface area contributed by atoms with E-state index >= 15 is 0 Å². The third-order valence-electron chi connectivity index (χ3n) is 4.45. The van der Waals surface area contributed by atoms with Gasteiger partial charge in [-0.05, 0) is 28.8 Å². The van der Waals surface area contributed by atoms with E-state index in [-0.39, 0.29) is 5.78 Å². The van der Waals surface area contributed by atoms with Gasteiger partial charge in [0, 0.05) is 22.8 Å². The van der Waals surface area contributed by atoms with Crippen molar-refractivity contribution in [2.75, 3.05) is 14.2 Å². The van der Waals surface area contributed by atoms with Crippen molar-refractivity contribution in [1.82, 2.24) is 0 Å². The molecule has 1 aliphatic carbocycles. The van der Waals surface area contributed by atoms with Gasteiger partial charge in [0.15, 0.2) is 5.78 Å². The summed E-state index contributed by atoms with van der Waals surface area (Å²) in [6, 6.07) is 19.3. The van der Waals surface area contributed by atoms with E-state index in [0.717, 1.165) is 39.1 Å². The maximum absolute atomic E-state index is 12.9. The van der Waals surface area contributed by atoms with Gasteiger partial charge in [-0.25, -0.2) is 0 Å². The van der Waals surface area contributed by atoms with E-state index in [1.807, 2.05) is 60.7 Å². The first-order valence-corrected chi connectivity index (χ1v) is 7.74. The number of hydrogen-bond acceptors (Lipinski definition) is 3. The summed E-state index contributed by atoms with van der Waals surface area (Å²) in [6.45, 7) is 0. The predicted molar refractivity (Wildman–Crippen MR) is 93.9 cm³/mol. The molecule has 0 radical (unpaired) electrons. The van der Waals surface area contributed by atoms with Crippen LogP contribution in [0.1, 0.15) is 15.9 Å². The number of methoxy groups -OCH3 is 2. The molecule has 3 heteroatoms. The van der Waals surface area contributed by atoms with Gasteiger partial charge in [0.2, 0.25) is 0 Å². The van der Waals surface area contributed by atoms with Crippen molar-refractivity contribution >= 4 is 5.78 Å². The van der Waals surface area contributed by atoms with Gasteiger partial charge in [-0.2, -0.15) is 0 Å². The lowest BCUT2D eigenvalue weighted by Gasteiger charge is -2.13. The van der Waals surface area contributed by atoms with Crippen molar-refractivity contribution in [3.63, 3.8) is 0 Å². The highest BCUT2D eigenvalue weighted by Crippen LogP contribution is 2.44. The van der Waals surface area contributed by atoms with E-state index in [9.17, 15) is 4.79 Å². The minimum absolute atomic E-state index is 0.0640. The predicted octanol–water partition coefficient (Wildman–Crippen LogP) is 4.58. The van der Waals surface area contributed by atoms with Crippen LogP contribution in [0.15, 0.2) is 60.7 Å². The molecule has 4 rings (SSSR count). The normalized spacial score (nSPS) is 11.8. The summed E-state index contributed by atoms with van der Waals surface area (Å²) >= 11 is 0. The van der Waals surface area contributed by atoms with Crippen LogP contribution in [0.25, 0.3) is 22.3 Å². The molecule has 0 amide bonds. The number of fused-ring (bicyclic) bond motifs is 3. The smallest absolute Gasteiger partial charge is 0.194 e. The van der Waals surface area contributed by atoms with Crippen LogP contribution in [0.5, 0.6) is 11.5 Å². The summed E-state index contributed by atoms with van der Waals surface area (Å²) in [4.78, 5) is 12.9. The third kappa shape index (κ3) is 2.02. The molecule has 3 aromatic rings. The summed E-state index contributed by atoms with van der Waals surface area (Å²) in [5.41, 5.74) is 5.23. The molecule has 0 aliphatic heterocycles. The minimum atomic E-state index is 0.0640. The zero-order chi connectivity index (χ0) is 16.7. The second-order valence-corrected chi connectivity index (χ2v) is 5.67. The Bertz CT molecular complexity index is 957. The van der Waals surface area contributed by atoms with Crippen molar-refractivity contribution in [2.24, 2.45) is 0 Å². The summed E-state index contributed by atoms with van der Waals surface area (Å²) in [7, 11) is 3.24. The van der Waals surface area contributed by atoms with Gasteiger partial charge in [-0.3, -0.25) is 4.79 Å². The van der Waals surface area contributed by atoms with Crippen LogP contribution < -0.4 is 9.47 Å². The maximum atomic E-state index is 12.9. The van der Waals surface area contributed by atoms with E-state index in [1.165, 1.54) is 0 Å². The summed E-state index contributed by atoms with van der Waals surface area (Å²) in [5.74, 6) is 1.47. The molecule has 24 heavy (non-hydrogen) atoms. The standard InChI is InChI=1S/C21H16O3/c1-23-13-10-11-15(19(12-13)24-2)17-9-5-8-16-14-6-3-4-7-18(14)21(22)20(16)17/h3-12H,1-2H3. The van der Waals surface area contributed by atoms with E-state index in [4.69, 9.17) is 9.47 Å². The minimum Gasteiger partial charge on any atom is -0.497 e. The van der Waals surface area contributed by atoms with Gasteiger partial charge in [0.05, 0.1) is 14.2 Å². The molecule has 0 aromatic heterocycles. The Kier molecular flexibility index (Phi) is 3.35. The lowest BCUT2D eigenvalue weighted by Crippen LogP contribution is -1.99. The highest BCUT2D eigenvalue weighted by Gasteiger charge is 2.29. The summed E-state index contributed by atoms with van der Waals surface area (Å²) < 4.78 is 10.8. The Hall–Kier alpha value is -3.07. The molecule has 118 valence electrons. The second kappa shape index (κ2) is 5.53. The first-order chi connectivity index (χ1) is 11.7. The van der Waals surface area contributed by atoms with Crippen molar-refractivity contribution in [1.29, 1.82) is 0 Å². The number of rotatable bonds is 3. The van der Waals surface area contributed by atoms with Crippen LogP contribution in [-0.2, 0) is 0 Å². The largest absolute Gasteiger partial charge is 0.497 e. The van der Waals surface area contributed by atoms with Crippen LogP contribution in [0, 0.1) is 0 Å². The molecule has 0 unspecified atom stereocenters. The number of ketones is 1. The Morgan fingerprint density at radius 1 is 0.667 bits per heavy atom. The van der Waals surface area contributed by atoms with Crippen molar-refractivity contribution in [3.8, 4) is 33.8 Å². The van der Waals surface area contributed by atoms with E-state index in [2.05, 4.69) is 0 Å². The average Bonchev–Trinajstić information content (AvgIpc) is 2.94. The van der Waals surface area contributed by atoms with E-state index in [0.29, 0.717) is 5.75 Å². The first-order valence-electron chi connectivity index (χ1n) is 7.74. The SMILES string of the molecule is COc1ccc(-c2cccc3c2C(=O)c2ccccc2-3)c(OC)c1. The van der Waals surface area contributed by atoms with Gasteiger partial charge < -0.3 is 9.47 Å². The molecule has 1 aliphatic rings. The fourth-order valence-electron chi connectivity index (χ4n) is 3.32. The lowest BCUT2D eigenvalue weighted by molar-refractivity contribution is 0.104. The molecule has 0 spiro atoms. The monoisotopic (exact) mass is 316 g/mol. The topological polar surface area (TPSA) is 35.5 Å². The van der Waals surface area contributed by atoms with Crippen LogP contribution in [0.2, 0.25) is 0 Å². The molecule has 0 saturated heterocycles. The van der Waals surface area contributed by atoms with E-state index in [1.54, 1.807) is 14.2 Å². The number of carbonyl (C=O) groups excluding carboxylic acids is 1. The quantitative estimate of drug-likeness (QED) is 0.555. The zero-order valence-corrected chi connectivity index (χ0v) is 13.5. The Morgan fingerprint density at radius 2 is 1.33 bits per heavy atom. The zero-order valence-electron chi connectivity index (χ0n) is 13.5. The Labute approximate surface area is 140 Å². The molecule has 0 fully saturated rings. The molecular weight excluding hydrogens is 300 g/mol.